The van der Waals surface area contributed by atoms with Crippen LogP contribution in [0.25, 0.3) is 10.8 Å². The lowest BCUT2D eigenvalue weighted by atomic mass is 10.1. The van der Waals surface area contributed by atoms with Crippen molar-refractivity contribution in [3.63, 3.8) is 0 Å². The molecule has 0 saturated heterocycles. The fourth-order valence-electron chi connectivity index (χ4n) is 1.85. The van der Waals surface area contributed by atoms with Crippen LogP contribution in [0.5, 0.6) is 0 Å². The Balaban J connectivity index is 0.00000162. The van der Waals surface area contributed by atoms with Crippen molar-refractivity contribution in [2.45, 2.75) is 4.90 Å². The highest BCUT2D eigenvalue weighted by Gasteiger charge is 2.20. The highest BCUT2D eigenvalue weighted by Crippen LogP contribution is 2.31. The van der Waals surface area contributed by atoms with Crippen molar-refractivity contribution in [1.29, 1.82) is 0 Å². The lowest BCUT2D eigenvalue weighted by Crippen LogP contribution is -2.14. The van der Waals surface area contributed by atoms with E-state index in [0.717, 1.165) is 5.39 Å². The molecule has 0 heterocycles. The molecule has 0 unspecified atom stereocenters. The van der Waals surface area contributed by atoms with Crippen LogP contribution in [0.4, 0.5) is 5.69 Å². The van der Waals surface area contributed by atoms with E-state index in [0.29, 0.717) is 11.1 Å². The second-order valence-corrected chi connectivity index (χ2v) is 5.36. The molecule has 2 aromatic rings. The van der Waals surface area contributed by atoms with Gasteiger partial charge in [0.05, 0.1) is 5.69 Å². The summed E-state index contributed by atoms with van der Waals surface area (Å²) in [5.74, 6) is 0. The first-order valence-electron chi connectivity index (χ1n) is 5.08. The summed E-state index contributed by atoms with van der Waals surface area (Å²) in [6.07, 6.45) is 0. The molecule has 0 aromatic heterocycles. The molecule has 0 aliphatic rings. The summed E-state index contributed by atoms with van der Waals surface area (Å²) in [5, 5.41) is 1.31. The van der Waals surface area contributed by atoms with Crippen LogP contribution < -0.4 is 4.90 Å². The van der Waals surface area contributed by atoms with E-state index in [2.05, 4.69) is 0 Å². The van der Waals surface area contributed by atoms with E-state index in [1.807, 2.05) is 18.2 Å². The lowest BCUT2D eigenvalue weighted by molar-refractivity contribution is 0.484. The quantitative estimate of drug-likeness (QED) is 0.863. The van der Waals surface area contributed by atoms with Crippen LogP contribution in [-0.4, -0.2) is 27.1 Å². The molecule has 98 valence electrons. The molecule has 2 aromatic carbocycles. The summed E-state index contributed by atoms with van der Waals surface area (Å²) in [7, 11) is -0.777. The first kappa shape index (κ1) is 14.8. The SMILES string of the molecule is CN(C)c1ccc2ccccc2c1S(=O)(=O)O.Cl. The Morgan fingerprint density at radius 2 is 1.67 bits per heavy atom. The van der Waals surface area contributed by atoms with Crippen molar-refractivity contribution in [3.8, 4) is 0 Å². The van der Waals surface area contributed by atoms with Crippen molar-refractivity contribution >= 4 is 39.0 Å². The van der Waals surface area contributed by atoms with Crippen molar-refractivity contribution in [1.82, 2.24) is 0 Å². The van der Waals surface area contributed by atoms with Crippen LogP contribution in [0.3, 0.4) is 0 Å². The predicted molar refractivity (Wildman–Crippen MR) is 75.3 cm³/mol. The number of anilines is 1. The molecule has 18 heavy (non-hydrogen) atoms. The number of fused-ring (bicyclic) bond motifs is 1. The van der Waals surface area contributed by atoms with Gasteiger partial charge in [0.2, 0.25) is 0 Å². The summed E-state index contributed by atoms with van der Waals surface area (Å²) < 4.78 is 32.4. The van der Waals surface area contributed by atoms with Crippen LogP contribution in [-0.2, 0) is 10.1 Å². The third-order valence-electron chi connectivity index (χ3n) is 2.60. The largest absolute Gasteiger partial charge is 0.377 e. The zero-order chi connectivity index (χ0) is 12.6. The Labute approximate surface area is 112 Å². The highest BCUT2D eigenvalue weighted by molar-refractivity contribution is 7.86. The molecule has 0 spiro atoms. The number of halogens is 1. The van der Waals surface area contributed by atoms with Crippen molar-refractivity contribution in [2.24, 2.45) is 0 Å². The average molecular weight is 288 g/mol. The average Bonchev–Trinajstić information content (AvgIpc) is 2.26. The van der Waals surface area contributed by atoms with Gasteiger partial charge in [0, 0.05) is 19.5 Å². The summed E-state index contributed by atoms with van der Waals surface area (Å²) in [4.78, 5) is 1.62. The molecule has 0 amide bonds. The number of nitrogens with zero attached hydrogens (tertiary/aromatic N) is 1. The summed E-state index contributed by atoms with van der Waals surface area (Å²) in [6, 6.07) is 10.6. The van der Waals surface area contributed by atoms with Gasteiger partial charge in [-0.25, -0.2) is 0 Å². The van der Waals surface area contributed by atoms with E-state index in [-0.39, 0.29) is 17.3 Å². The van der Waals surface area contributed by atoms with Crippen LogP contribution in [0, 0.1) is 0 Å². The predicted octanol–water partition coefficient (Wildman–Crippen LogP) is 2.57. The maximum absolute atomic E-state index is 11.5. The Morgan fingerprint density at radius 1 is 1.06 bits per heavy atom. The molecule has 0 radical (unpaired) electrons. The molecule has 6 heteroatoms. The topological polar surface area (TPSA) is 57.6 Å². The van der Waals surface area contributed by atoms with E-state index in [4.69, 9.17) is 0 Å². The van der Waals surface area contributed by atoms with E-state index in [1.165, 1.54) is 0 Å². The van der Waals surface area contributed by atoms with Crippen LogP contribution in [0.2, 0.25) is 0 Å². The minimum atomic E-state index is -4.25. The van der Waals surface area contributed by atoms with E-state index < -0.39 is 10.1 Å². The molecular formula is C12H14ClNO3S. The minimum absolute atomic E-state index is 0. The smallest absolute Gasteiger partial charge is 0.297 e. The second kappa shape index (κ2) is 5.14. The summed E-state index contributed by atoms with van der Waals surface area (Å²) in [5.41, 5.74) is 0.478. The summed E-state index contributed by atoms with van der Waals surface area (Å²) >= 11 is 0. The maximum atomic E-state index is 11.5. The van der Waals surface area contributed by atoms with Gasteiger partial charge in [0.1, 0.15) is 4.90 Å². The van der Waals surface area contributed by atoms with Crippen molar-refractivity contribution in [3.05, 3.63) is 36.4 Å². The van der Waals surface area contributed by atoms with E-state index in [1.54, 1.807) is 37.2 Å². The third kappa shape index (κ3) is 2.58. The van der Waals surface area contributed by atoms with Gasteiger partial charge in [0.15, 0.2) is 0 Å². The van der Waals surface area contributed by atoms with E-state index in [9.17, 15) is 13.0 Å². The van der Waals surface area contributed by atoms with Gasteiger partial charge in [-0.1, -0.05) is 30.3 Å². The third-order valence-corrected chi connectivity index (χ3v) is 3.54. The monoisotopic (exact) mass is 287 g/mol. The standard InChI is InChI=1S/C12H13NO3S.ClH/c1-13(2)11-8-7-9-5-3-4-6-10(9)12(11)17(14,15)16;/h3-8H,1-2H3,(H,14,15,16);1H. The number of hydrogen-bond donors (Lipinski definition) is 1. The molecule has 0 aliphatic carbocycles. The second-order valence-electron chi connectivity index (χ2n) is 4.00. The highest BCUT2D eigenvalue weighted by atomic mass is 35.5. The molecule has 0 bridgehead atoms. The normalized spacial score (nSPS) is 11.1. The zero-order valence-corrected chi connectivity index (χ0v) is 11.6. The first-order chi connectivity index (χ1) is 7.91. The fourth-order valence-corrected chi connectivity index (χ4v) is 2.83. The summed E-state index contributed by atoms with van der Waals surface area (Å²) in [6.45, 7) is 0. The molecule has 1 N–H and O–H groups in total. The lowest BCUT2D eigenvalue weighted by Gasteiger charge is -2.17. The zero-order valence-electron chi connectivity index (χ0n) is 9.99. The van der Waals surface area contributed by atoms with Crippen LogP contribution in [0.15, 0.2) is 41.3 Å². The number of rotatable bonds is 2. The minimum Gasteiger partial charge on any atom is -0.377 e. The van der Waals surface area contributed by atoms with Gasteiger partial charge in [-0.2, -0.15) is 8.42 Å². The molecule has 4 nitrogen and oxygen atoms in total. The molecule has 0 saturated carbocycles. The molecule has 0 atom stereocenters. The van der Waals surface area contributed by atoms with Crippen LogP contribution >= 0.6 is 12.4 Å². The van der Waals surface area contributed by atoms with Gasteiger partial charge in [0.25, 0.3) is 10.1 Å². The molecule has 0 fully saturated rings. The van der Waals surface area contributed by atoms with Gasteiger partial charge >= 0.3 is 0 Å². The van der Waals surface area contributed by atoms with Crippen molar-refractivity contribution in [2.75, 3.05) is 19.0 Å². The van der Waals surface area contributed by atoms with E-state index >= 15 is 0 Å². The molecule has 2 rings (SSSR count). The molecule has 0 aliphatic heterocycles. The van der Waals surface area contributed by atoms with Gasteiger partial charge in [-0.3, -0.25) is 4.55 Å². The van der Waals surface area contributed by atoms with Gasteiger partial charge in [-0.05, 0) is 11.5 Å². The number of benzene rings is 2. The Kier molecular flexibility index (Phi) is 4.21. The number of hydrogen-bond acceptors (Lipinski definition) is 3. The maximum Gasteiger partial charge on any atom is 0.297 e. The van der Waals surface area contributed by atoms with Gasteiger partial charge < -0.3 is 4.90 Å². The Morgan fingerprint density at radius 3 is 2.22 bits per heavy atom. The Hall–Kier alpha value is -1.30. The van der Waals surface area contributed by atoms with Gasteiger partial charge in [-0.15, -0.1) is 12.4 Å². The first-order valence-corrected chi connectivity index (χ1v) is 6.52. The Bertz CT molecular complexity index is 668. The molecular weight excluding hydrogens is 274 g/mol. The fraction of sp³-hybridized carbons (Fsp3) is 0.167. The van der Waals surface area contributed by atoms with Crippen molar-refractivity contribution < 1.29 is 13.0 Å². The van der Waals surface area contributed by atoms with Crippen LogP contribution in [0.1, 0.15) is 0 Å².